The van der Waals surface area contributed by atoms with Crippen molar-refractivity contribution in [2.45, 2.75) is 56.0 Å². The minimum absolute atomic E-state index is 0.0406. The van der Waals surface area contributed by atoms with E-state index in [1.165, 1.54) is 48.0 Å². The van der Waals surface area contributed by atoms with Crippen molar-refractivity contribution in [2.75, 3.05) is 0 Å². The van der Waals surface area contributed by atoms with Crippen LogP contribution in [0.2, 0.25) is 0 Å². The molecule has 5 aromatic rings. The first kappa shape index (κ1) is 31.6. The van der Waals surface area contributed by atoms with E-state index in [4.69, 9.17) is 0 Å². The number of nitrogens with zero attached hydrogens (tertiary/aromatic N) is 4. The molecule has 0 saturated heterocycles. The lowest BCUT2D eigenvalue weighted by atomic mass is 10.0. The van der Waals surface area contributed by atoms with Crippen LogP contribution < -0.4 is 5.32 Å². The number of halogens is 1. The highest BCUT2D eigenvalue weighted by molar-refractivity contribution is 7.98. The lowest BCUT2D eigenvalue weighted by Gasteiger charge is -2.20. The number of carbonyl (C=O) groups excluding carboxylic acids is 1. The van der Waals surface area contributed by atoms with Crippen molar-refractivity contribution in [1.29, 1.82) is 0 Å². The van der Waals surface area contributed by atoms with Gasteiger partial charge in [0.05, 0.1) is 11.0 Å². The summed E-state index contributed by atoms with van der Waals surface area (Å²) in [6, 6.07) is 29.3. The quantitative estimate of drug-likeness (QED) is 0.0581. The summed E-state index contributed by atoms with van der Waals surface area (Å²) >= 11 is 1.40. The molecule has 230 valence electrons. The molecule has 0 aliphatic rings. The fourth-order valence-corrected chi connectivity index (χ4v) is 5.91. The summed E-state index contributed by atoms with van der Waals surface area (Å²) in [7, 11) is 0. The van der Waals surface area contributed by atoms with Gasteiger partial charge in [-0.2, -0.15) is 0 Å². The van der Waals surface area contributed by atoms with Crippen molar-refractivity contribution in [1.82, 2.24) is 20.1 Å². The van der Waals surface area contributed by atoms with Crippen molar-refractivity contribution in [3.05, 3.63) is 147 Å². The Bertz CT molecular complexity index is 1710. The predicted octanol–water partition coefficient (Wildman–Crippen LogP) is 8.05. The van der Waals surface area contributed by atoms with Crippen molar-refractivity contribution in [2.24, 2.45) is 0 Å². The lowest BCUT2D eigenvalue weighted by molar-refractivity contribution is -0.384. The molecule has 0 saturated carbocycles. The van der Waals surface area contributed by atoms with Crippen molar-refractivity contribution in [3.8, 4) is 5.69 Å². The first-order chi connectivity index (χ1) is 21.9. The standard InChI is InChI=1S/C35H34FN5O3S/c1-2-3-5-8-25-11-15-28(16-12-25)34(42)37-32(23-26-9-6-4-7-10-26)33-38-39-35(45-24-27-13-17-29(36)18-14-27)40(33)30-19-21-31(22-20-30)41(43)44/h4,6-7,9-22,32H,2-3,5,8,23-24H2,1H3,(H,37,42). The Morgan fingerprint density at radius 1 is 0.889 bits per heavy atom. The summed E-state index contributed by atoms with van der Waals surface area (Å²) in [4.78, 5) is 24.5. The fraction of sp³-hybridized carbons (Fsp3) is 0.229. The highest BCUT2D eigenvalue weighted by Gasteiger charge is 2.26. The van der Waals surface area contributed by atoms with Crippen LogP contribution in [0.4, 0.5) is 10.1 Å². The second-order valence-electron chi connectivity index (χ2n) is 10.7. The van der Waals surface area contributed by atoms with Crippen LogP contribution in [0.1, 0.15) is 65.1 Å². The molecule has 1 unspecified atom stereocenters. The number of nitro benzene ring substituents is 1. The minimum Gasteiger partial charge on any atom is -0.342 e. The monoisotopic (exact) mass is 623 g/mol. The number of unbranched alkanes of at least 4 members (excludes halogenated alkanes) is 2. The van der Waals surface area contributed by atoms with E-state index in [1.54, 1.807) is 24.3 Å². The van der Waals surface area contributed by atoms with Crippen LogP contribution in [-0.2, 0) is 18.6 Å². The molecule has 0 spiro atoms. The second-order valence-corrected chi connectivity index (χ2v) is 11.7. The van der Waals surface area contributed by atoms with E-state index in [-0.39, 0.29) is 17.4 Å². The molecule has 1 atom stereocenters. The normalized spacial score (nSPS) is 11.7. The van der Waals surface area contributed by atoms with Gasteiger partial charge in [-0.25, -0.2) is 4.39 Å². The lowest BCUT2D eigenvalue weighted by Crippen LogP contribution is -2.32. The van der Waals surface area contributed by atoms with Gasteiger partial charge in [-0.3, -0.25) is 19.5 Å². The Morgan fingerprint density at radius 3 is 2.24 bits per heavy atom. The average Bonchev–Trinajstić information content (AvgIpc) is 3.49. The molecular formula is C35H34FN5O3S. The van der Waals surface area contributed by atoms with Gasteiger partial charge in [-0.05, 0) is 72.4 Å². The van der Waals surface area contributed by atoms with E-state index in [0.29, 0.717) is 34.4 Å². The number of hydrogen-bond acceptors (Lipinski definition) is 6. The summed E-state index contributed by atoms with van der Waals surface area (Å²) in [6.45, 7) is 2.18. The summed E-state index contributed by atoms with van der Waals surface area (Å²) in [5.41, 5.74) is 4.20. The SMILES string of the molecule is CCCCCc1ccc(C(=O)NC(Cc2ccccc2)c2nnc(SCc3ccc(F)cc3)n2-c2ccc([N+](=O)[O-])cc2)cc1. The Kier molecular flexibility index (Phi) is 10.7. The molecule has 45 heavy (non-hydrogen) atoms. The van der Waals surface area contributed by atoms with E-state index < -0.39 is 11.0 Å². The number of non-ortho nitro benzene ring substituents is 1. The molecular weight excluding hydrogens is 589 g/mol. The molecule has 1 N–H and O–H groups in total. The zero-order chi connectivity index (χ0) is 31.6. The smallest absolute Gasteiger partial charge is 0.269 e. The fourth-order valence-electron chi connectivity index (χ4n) is 5.00. The summed E-state index contributed by atoms with van der Waals surface area (Å²) < 4.78 is 15.3. The Morgan fingerprint density at radius 2 is 1.58 bits per heavy atom. The maximum absolute atomic E-state index is 13.6. The van der Waals surface area contributed by atoms with Crippen LogP contribution >= 0.6 is 11.8 Å². The van der Waals surface area contributed by atoms with Crippen LogP contribution in [-0.4, -0.2) is 25.6 Å². The zero-order valence-electron chi connectivity index (χ0n) is 24.9. The highest BCUT2D eigenvalue weighted by atomic mass is 32.2. The predicted molar refractivity (Wildman–Crippen MR) is 174 cm³/mol. The molecule has 0 aliphatic heterocycles. The third-order valence-electron chi connectivity index (χ3n) is 7.44. The largest absolute Gasteiger partial charge is 0.342 e. The molecule has 0 radical (unpaired) electrons. The number of thioether (sulfide) groups is 1. The molecule has 1 aromatic heterocycles. The number of nitrogens with one attached hydrogen (secondary N) is 1. The van der Waals surface area contributed by atoms with Gasteiger partial charge in [0.2, 0.25) is 0 Å². The van der Waals surface area contributed by atoms with E-state index in [9.17, 15) is 19.3 Å². The van der Waals surface area contributed by atoms with Gasteiger partial charge >= 0.3 is 0 Å². The number of hydrogen-bond donors (Lipinski definition) is 1. The van der Waals surface area contributed by atoms with Crippen molar-refractivity contribution in [3.63, 3.8) is 0 Å². The summed E-state index contributed by atoms with van der Waals surface area (Å²) in [5, 5.41) is 24.1. The Balaban J connectivity index is 1.49. The van der Waals surface area contributed by atoms with E-state index in [1.807, 2.05) is 59.2 Å². The van der Waals surface area contributed by atoms with Gasteiger partial charge in [0.15, 0.2) is 11.0 Å². The van der Waals surface area contributed by atoms with Gasteiger partial charge in [-0.15, -0.1) is 10.2 Å². The van der Waals surface area contributed by atoms with Gasteiger partial charge < -0.3 is 5.32 Å². The summed E-state index contributed by atoms with van der Waals surface area (Å²) in [5.74, 6) is 0.422. The maximum Gasteiger partial charge on any atom is 0.269 e. The molecule has 0 fully saturated rings. The minimum atomic E-state index is -0.577. The number of rotatable bonds is 14. The Hall–Kier alpha value is -4.83. The zero-order valence-corrected chi connectivity index (χ0v) is 25.8. The number of amides is 1. The van der Waals surface area contributed by atoms with Crippen LogP contribution in [0.5, 0.6) is 0 Å². The van der Waals surface area contributed by atoms with E-state index in [2.05, 4.69) is 22.4 Å². The van der Waals surface area contributed by atoms with Crippen molar-refractivity contribution >= 4 is 23.4 Å². The van der Waals surface area contributed by atoms with Gasteiger partial charge in [0.25, 0.3) is 11.6 Å². The third-order valence-corrected chi connectivity index (χ3v) is 8.44. The van der Waals surface area contributed by atoms with Crippen LogP contribution in [0, 0.1) is 15.9 Å². The molecule has 0 aliphatic carbocycles. The third kappa shape index (κ3) is 8.42. The Labute approximate surface area is 265 Å². The summed E-state index contributed by atoms with van der Waals surface area (Å²) in [6.07, 6.45) is 4.85. The second kappa shape index (κ2) is 15.3. The number of carbonyl (C=O) groups is 1. The first-order valence-corrected chi connectivity index (χ1v) is 15.9. The van der Waals surface area contributed by atoms with E-state index in [0.717, 1.165) is 30.4 Å². The number of benzene rings is 4. The molecule has 4 aromatic carbocycles. The average molecular weight is 624 g/mol. The van der Waals surface area contributed by atoms with Crippen LogP contribution in [0.3, 0.4) is 0 Å². The molecule has 10 heteroatoms. The molecule has 1 amide bonds. The number of aromatic nitrogens is 3. The maximum atomic E-state index is 13.6. The van der Waals surface area contributed by atoms with Crippen molar-refractivity contribution < 1.29 is 14.1 Å². The van der Waals surface area contributed by atoms with Crippen LogP contribution in [0.15, 0.2) is 108 Å². The number of nitro groups is 1. The molecule has 8 nitrogen and oxygen atoms in total. The molecule has 0 bridgehead atoms. The number of aryl methyl sites for hydroxylation is 1. The first-order valence-electron chi connectivity index (χ1n) is 14.9. The topological polar surface area (TPSA) is 103 Å². The van der Waals surface area contributed by atoms with Crippen LogP contribution in [0.25, 0.3) is 5.69 Å². The van der Waals surface area contributed by atoms with Gasteiger partial charge in [0.1, 0.15) is 5.82 Å². The van der Waals surface area contributed by atoms with Gasteiger partial charge in [0, 0.05) is 29.1 Å². The van der Waals surface area contributed by atoms with E-state index >= 15 is 0 Å². The molecule has 1 heterocycles. The highest BCUT2D eigenvalue weighted by Crippen LogP contribution is 2.30. The molecule has 5 rings (SSSR count). The van der Waals surface area contributed by atoms with Gasteiger partial charge in [-0.1, -0.05) is 86.1 Å².